The number of aromatic nitrogens is 2. The third-order valence-corrected chi connectivity index (χ3v) is 5.11. The molecule has 0 aliphatic rings. The van der Waals surface area contributed by atoms with Gasteiger partial charge in [0, 0.05) is 17.7 Å². The number of nitrogens with one attached hydrogen (secondary N) is 2. The van der Waals surface area contributed by atoms with Gasteiger partial charge in [-0.15, -0.1) is 10.2 Å². The smallest absolute Gasteiger partial charge is 0.263 e. The summed E-state index contributed by atoms with van der Waals surface area (Å²) in [6.45, 7) is 1.74. The largest absolute Gasteiger partial charge is 0.326 e. The maximum Gasteiger partial charge on any atom is 0.263 e. The Morgan fingerprint density at radius 1 is 0.926 bits per heavy atom. The molecule has 8 heteroatoms. The van der Waals surface area contributed by atoms with Crippen LogP contribution in [-0.4, -0.2) is 24.5 Å². The van der Waals surface area contributed by atoms with E-state index in [1.54, 1.807) is 19.1 Å². The molecule has 1 heterocycles. The Morgan fingerprint density at radius 3 is 2.22 bits per heavy atom. The van der Waals surface area contributed by atoms with Gasteiger partial charge in [-0.3, -0.25) is 9.52 Å². The molecule has 0 unspecified atom stereocenters. The number of anilines is 2. The van der Waals surface area contributed by atoms with Gasteiger partial charge in [-0.05, 0) is 36.4 Å². The van der Waals surface area contributed by atoms with Crippen LogP contribution >= 0.6 is 0 Å². The molecule has 0 radical (unpaired) electrons. The van der Waals surface area contributed by atoms with E-state index in [2.05, 4.69) is 20.2 Å². The molecular weight excluding hydrogens is 364 g/mol. The molecule has 0 atom stereocenters. The van der Waals surface area contributed by atoms with Crippen molar-refractivity contribution in [2.45, 2.75) is 18.2 Å². The molecule has 0 saturated heterocycles. The number of benzene rings is 2. The number of carbonyl (C=O) groups excluding carboxylic acids is 1. The van der Waals surface area contributed by atoms with Crippen LogP contribution in [-0.2, 0) is 14.8 Å². The quantitative estimate of drug-likeness (QED) is 0.681. The molecule has 3 aromatic rings. The SMILES string of the molecule is CCC(=O)Nc1ccc(S(=O)(=O)Nc2ccc(-c3ccccc3)nn2)cc1. The lowest BCUT2D eigenvalue weighted by atomic mass is 10.1. The van der Waals surface area contributed by atoms with Crippen molar-refractivity contribution >= 4 is 27.4 Å². The number of nitrogens with zero attached hydrogens (tertiary/aromatic N) is 2. The van der Waals surface area contributed by atoms with E-state index in [9.17, 15) is 13.2 Å². The standard InChI is InChI=1S/C19H18N4O3S/c1-2-19(24)20-15-8-10-16(11-9-15)27(25,26)23-18-13-12-17(21-22-18)14-6-4-3-5-7-14/h3-13H,2H2,1H3,(H,20,24)(H,22,23). The summed E-state index contributed by atoms with van der Waals surface area (Å²) in [6.07, 6.45) is 0.346. The molecule has 138 valence electrons. The molecule has 0 aliphatic carbocycles. The van der Waals surface area contributed by atoms with Crippen LogP contribution in [0.25, 0.3) is 11.3 Å². The van der Waals surface area contributed by atoms with Crippen LogP contribution in [0.15, 0.2) is 71.6 Å². The molecule has 0 saturated carbocycles. The summed E-state index contributed by atoms with van der Waals surface area (Å²) in [5.41, 5.74) is 2.08. The van der Waals surface area contributed by atoms with Crippen LogP contribution in [0, 0.1) is 0 Å². The van der Waals surface area contributed by atoms with Gasteiger partial charge >= 0.3 is 0 Å². The van der Waals surface area contributed by atoms with Crippen molar-refractivity contribution in [2.75, 3.05) is 10.0 Å². The fourth-order valence-electron chi connectivity index (χ4n) is 2.31. The fourth-order valence-corrected chi connectivity index (χ4v) is 3.31. The van der Waals surface area contributed by atoms with E-state index in [-0.39, 0.29) is 16.6 Å². The first-order valence-electron chi connectivity index (χ1n) is 8.30. The maximum absolute atomic E-state index is 12.5. The highest BCUT2D eigenvalue weighted by atomic mass is 32.2. The zero-order chi connectivity index (χ0) is 19.3. The summed E-state index contributed by atoms with van der Waals surface area (Å²) in [5.74, 6) is -0.0180. The van der Waals surface area contributed by atoms with Gasteiger partial charge in [-0.1, -0.05) is 37.3 Å². The first kappa shape index (κ1) is 18.5. The monoisotopic (exact) mass is 382 g/mol. The molecule has 1 amide bonds. The second-order valence-electron chi connectivity index (χ2n) is 5.70. The van der Waals surface area contributed by atoms with Gasteiger partial charge in [0.2, 0.25) is 5.91 Å². The first-order chi connectivity index (χ1) is 13.0. The predicted octanol–water partition coefficient (Wildman–Crippen LogP) is 3.29. The third kappa shape index (κ3) is 4.68. The van der Waals surface area contributed by atoms with E-state index in [0.717, 1.165) is 5.56 Å². The Kier molecular flexibility index (Phi) is 5.46. The molecule has 27 heavy (non-hydrogen) atoms. The van der Waals surface area contributed by atoms with Crippen molar-refractivity contribution in [3.63, 3.8) is 0 Å². The Morgan fingerprint density at radius 2 is 1.63 bits per heavy atom. The van der Waals surface area contributed by atoms with Crippen LogP contribution in [0.2, 0.25) is 0 Å². The van der Waals surface area contributed by atoms with E-state index >= 15 is 0 Å². The Hall–Kier alpha value is -3.26. The molecular formula is C19H18N4O3S. The van der Waals surface area contributed by atoms with Crippen molar-refractivity contribution in [3.8, 4) is 11.3 Å². The lowest BCUT2D eigenvalue weighted by Gasteiger charge is -2.09. The molecule has 0 aliphatic heterocycles. The van der Waals surface area contributed by atoms with Gasteiger partial charge in [0.1, 0.15) is 0 Å². The molecule has 0 bridgehead atoms. The predicted molar refractivity (Wildman–Crippen MR) is 104 cm³/mol. The van der Waals surface area contributed by atoms with Crippen molar-refractivity contribution in [1.82, 2.24) is 10.2 Å². The lowest BCUT2D eigenvalue weighted by Crippen LogP contribution is -2.15. The van der Waals surface area contributed by atoms with Crippen LogP contribution in [0.4, 0.5) is 11.5 Å². The summed E-state index contributed by atoms with van der Waals surface area (Å²) >= 11 is 0. The topological polar surface area (TPSA) is 101 Å². The van der Waals surface area contributed by atoms with Crippen LogP contribution < -0.4 is 10.0 Å². The summed E-state index contributed by atoms with van der Waals surface area (Å²) in [5, 5.41) is 10.7. The van der Waals surface area contributed by atoms with Gasteiger partial charge in [0.05, 0.1) is 10.6 Å². The van der Waals surface area contributed by atoms with Gasteiger partial charge in [-0.2, -0.15) is 0 Å². The van der Waals surface area contributed by atoms with Gasteiger partial charge in [-0.25, -0.2) is 8.42 Å². The van der Waals surface area contributed by atoms with Crippen molar-refractivity contribution in [1.29, 1.82) is 0 Å². The minimum atomic E-state index is -3.81. The highest BCUT2D eigenvalue weighted by Gasteiger charge is 2.15. The minimum absolute atomic E-state index is 0.0610. The second-order valence-corrected chi connectivity index (χ2v) is 7.38. The molecule has 2 N–H and O–H groups in total. The number of hydrogen-bond acceptors (Lipinski definition) is 5. The highest BCUT2D eigenvalue weighted by molar-refractivity contribution is 7.92. The zero-order valence-corrected chi connectivity index (χ0v) is 15.4. The Labute approximate surface area is 157 Å². The van der Waals surface area contributed by atoms with E-state index in [0.29, 0.717) is 17.8 Å². The van der Waals surface area contributed by atoms with E-state index in [4.69, 9.17) is 0 Å². The first-order valence-corrected chi connectivity index (χ1v) is 9.78. The van der Waals surface area contributed by atoms with Crippen LogP contribution in [0.3, 0.4) is 0 Å². The molecule has 3 rings (SSSR count). The Bertz CT molecular complexity index is 1020. The number of sulfonamides is 1. The second kappa shape index (κ2) is 7.96. The Balaban J connectivity index is 1.73. The van der Waals surface area contributed by atoms with Crippen molar-refractivity contribution in [2.24, 2.45) is 0 Å². The average Bonchev–Trinajstić information content (AvgIpc) is 2.69. The van der Waals surface area contributed by atoms with Gasteiger partial charge in [0.25, 0.3) is 10.0 Å². The van der Waals surface area contributed by atoms with Gasteiger partial charge in [0.15, 0.2) is 5.82 Å². The van der Waals surface area contributed by atoms with E-state index in [1.807, 2.05) is 30.3 Å². The molecule has 1 aromatic heterocycles. The molecule has 0 spiro atoms. The normalized spacial score (nSPS) is 11.0. The lowest BCUT2D eigenvalue weighted by molar-refractivity contribution is -0.115. The van der Waals surface area contributed by atoms with Gasteiger partial charge < -0.3 is 5.32 Å². The van der Waals surface area contributed by atoms with Crippen LogP contribution in [0.1, 0.15) is 13.3 Å². The highest BCUT2D eigenvalue weighted by Crippen LogP contribution is 2.19. The van der Waals surface area contributed by atoms with Crippen LogP contribution in [0.5, 0.6) is 0 Å². The molecule has 2 aromatic carbocycles. The summed E-state index contributed by atoms with van der Waals surface area (Å²) in [6, 6.07) is 18.6. The molecule has 0 fully saturated rings. The number of amides is 1. The van der Waals surface area contributed by atoms with E-state index < -0.39 is 10.0 Å². The summed E-state index contributed by atoms with van der Waals surface area (Å²) in [4.78, 5) is 11.4. The van der Waals surface area contributed by atoms with E-state index in [1.165, 1.54) is 24.3 Å². The van der Waals surface area contributed by atoms with Crippen molar-refractivity contribution < 1.29 is 13.2 Å². The summed E-state index contributed by atoms with van der Waals surface area (Å²) < 4.78 is 27.4. The maximum atomic E-state index is 12.5. The number of carbonyl (C=O) groups is 1. The number of hydrogen-bond donors (Lipinski definition) is 2. The third-order valence-electron chi connectivity index (χ3n) is 3.74. The number of rotatable bonds is 6. The fraction of sp³-hybridized carbons (Fsp3) is 0.105. The zero-order valence-electron chi connectivity index (χ0n) is 14.6. The average molecular weight is 382 g/mol. The summed E-state index contributed by atoms with van der Waals surface area (Å²) in [7, 11) is -3.81. The van der Waals surface area contributed by atoms with Crippen molar-refractivity contribution in [3.05, 3.63) is 66.7 Å². The minimum Gasteiger partial charge on any atom is -0.326 e. The molecule has 7 nitrogen and oxygen atoms in total.